The molecule has 11 heteroatoms. The molecule has 4 rings (SSSR count). The number of aromatic amines is 1. The maximum Gasteiger partial charge on any atom is 0.417 e. The average molecular weight is 411 g/mol. The molecule has 2 amide bonds. The zero-order valence-electron chi connectivity index (χ0n) is 14.1. The third-order valence-corrected chi connectivity index (χ3v) is 7.18. The molecule has 2 atom stereocenters. The lowest BCUT2D eigenvalue weighted by Crippen LogP contribution is -2.54. The van der Waals surface area contributed by atoms with Gasteiger partial charge in [0.25, 0.3) is 5.24 Å². The highest BCUT2D eigenvalue weighted by Crippen LogP contribution is 2.31. The van der Waals surface area contributed by atoms with Crippen molar-refractivity contribution in [3.8, 4) is 0 Å². The molecular weight excluding hydrogens is 394 g/mol. The zero-order chi connectivity index (χ0) is 19.2. The van der Waals surface area contributed by atoms with Crippen LogP contribution in [-0.4, -0.2) is 47.3 Å². The number of fused-ring (bicyclic) bond motifs is 1. The number of amides is 2. The topological polar surface area (TPSA) is 130 Å². The van der Waals surface area contributed by atoms with Crippen LogP contribution in [0.3, 0.4) is 0 Å². The summed E-state index contributed by atoms with van der Waals surface area (Å²) >= 11 is 0.943. The van der Waals surface area contributed by atoms with Gasteiger partial charge in [0.2, 0.25) is 15.9 Å². The molecule has 0 unspecified atom stereocenters. The van der Waals surface area contributed by atoms with Crippen molar-refractivity contribution < 1.29 is 22.4 Å². The first kappa shape index (κ1) is 18.3. The maximum atomic E-state index is 12.8. The van der Waals surface area contributed by atoms with Gasteiger partial charge in [-0.25, -0.2) is 17.9 Å². The molecule has 0 bridgehead atoms. The number of oxazole rings is 1. The van der Waals surface area contributed by atoms with Crippen LogP contribution in [0.4, 0.5) is 4.79 Å². The normalized spacial score (nSPS) is 24.1. The molecule has 0 spiro atoms. The Morgan fingerprint density at radius 3 is 2.70 bits per heavy atom. The van der Waals surface area contributed by atoms with E-state index in [-0.39, 0.29) is 32.9 Å². The maximum absolute atomic E-state index is 12.8. The molecule has 9 nitrogen and oxygen atoms in total. The van der Waals surface area contributed by atoms with E-state index in [4.69, 9.17) is 4.42 Å². The minimum atomic E-state index is -3.91. The molecule has 27 heavy (non-hydrogen) atoms. The van der Waals surface area contributed by atoms with E-state index in [1.807, 2.05) is 0 Å². The van der Waals surface area contributed by atoms with Crippen LogP contribution < -0.4 is 10.5 Å². The first-order chi connectivity index (χ1) is 12.8. The predicted molar refractivity (Wildman–Crippen MR) is 97.9 cm³/mol. The number of carbonyl (C=O) groups is 2. The van der Waals surface area contributed by atoms with E-state index in [1.54, 1.807) is 0 Å². The molecule has 0 radical (unpaired) electrons. The Kier molecular flexibility index (Phi) is 4.60. The van der Waals surface area contributed by atoms with E-state index >= 15 is 0 Å². The second kappa shape index (κ2) is 6.80. The summed E-state index contributed by atoms with van der Waals surface area (Å²) < 4.78 is 33.2. The monoisotopic (exact) mass is 411 g/mol. The summed E-state index contributed by atoms with van der Waals surface area (Å²) in [5.41, 5.74) is 0.546. The van der Waals surface area contributed by atoms with Crippen LogP contribution in [0, 0.1) is 0 Å². The van der Waals surface area contributed by atoms with Crippen molar-refractivity contribution in [2.75, 3.05) is 5.75 Å². The van der Waals surface area contributed by atoms with E-state index < -0.39 is 27.9 Å². The number of carbonyl (C=O) groups excluding carboxylic acids is 2. The van der Waals surface area contributed by atoms with Gasteiger partial charge in [0.1, 0.15) is 0 Å². The molecule has 2 heterocycles. The minimum absolute atomic E-state index is 0.0233. The lowest BCUT2D eigenvalue weighted by Gasteiger charge is -2.36. The van der Waals surface area contributed by atoms with Gasteiger partial charge in [-0.3, -0.25) is 19.5 Å². The molecule has 1 aromatic heterocycles. The van der Waals surface area contributed by atoms with E-state index in [2.05, 4.69) is 9.71 Å². The Morgan fingerprint density at radius 1 is 1.19 bits per heavy atom. The lowest BCUT2D eigenvalue weighted by atomic mass is 9.90. The van der Waals surface area contributed by atoms with Crippen LogP contribution in [0.25, 0.3) is 11.1 Å². The molecule has 1 aliphatic heterocycles. The summed E-state index contributed by atoms with van der Waals surface area (Å²) in [4.78, 5) is 39.0. The number of thioether (sulfide) groups is 1. The van der Waals surface area contributed by atoms with Crippen molar-refractivity contribution in [2.24, 2.45) is 0 Å². The number of hydrogen-bond acceptors (Lipinski definition) is 7. The van der Waals surface area contributed by atoms with Crippen LogP contribution in [0.1, 0.15) is 25.7 Å². The van der Waals surface area contributed by atoms with E-state index in [9.17, 15) is 22.8 Å². The number of imide groups is 1. The minimum Gasteiger partial charge on any atom is -0.408 e. The van der Waals surface area contributed by atoms with Crippen LogP contribution in [0.5, 0.6) is 0 Å². The summed E-state index contributed by atoms with van der Waals surface area (Å²) in [7, 11) is -3.91. The number of H-pyrrole nitrogens is 1. The van der Waals surface area contributed by atoms with Crippen LogP contribution in [0.2, 0.25) is 0 Å². The smallest absolute Gasteiger partial charge is 0.408 e. The summed E-state index contributed by atoms with van der Waals surface area (Å²) in [5, 5.41) is -0.325. The lowest BCUT2D eigenvalue weighted by molar-refractivity contribution is -0.127. The fourth-order valence-electron chi connectivity index (χ4n) is 3.61. The second-order valence-electron chi connectivity index (χ2n) is 6.57. The van der Waals surface area contributed by atoms with Gasteiger partial charge in [-0.1, -0.05) is 24.6 Å². The van der Waals surface area contributed by atoms with Crippen molar-refractivity contribution in [2.45, 2.75) is 42.7 Å². The Balaban J connectivity index is 1.62. The van der Waals surface area contributed by atoms with Crippen LogP contribution in [0.15, 0.2) is 32.3 Å². The van der Waals surface area contributed by atoms with Gasteiger partial charge in [0.15, 0.2) is 5.58 Å². The first-order valence-corrected chi connectivity index (χ1v) is 11.0. The number of benzene rings is 1. The number of hydrogen-bond donors (Lipinski definition) is 2. The molecule has 1 aliphatic carbocycles. The van der Waals surface area contributed by atoms with Gasteiger partial charge < -0.3 is 4.42 Å². The molecule has 2 aromatic rings. The fraction of sp³-hybridized carbons (Fsp3) is 0.438. The highest BCUT2D eigenvalue weighted by molar-refractivity contribution is 8.14. The van der Waals surface area contributed by atoms with E-state index in [0.717, 1.165) is 24.6 Å². The highest BCUT2D eigenvalue weighted by Gasteiger charge is 2.42. The number of sulfonamides is 1. The Morgan fingerprint density at radius 2 is 1.96 bits per heavy atom. The summed E-state index contributed by atoms with van der Waals surface area (Å²) in [6.07, 6.45) is 2.74. The van der Waals surface area contributed by atoms with Gasteiger partial charge in [-0.2, -0.15) is 0 Å². The summed E-state index contributed by atoms with van der Waals surface area (Å²) in [5.74, 6) is -0.846. The SMILES string of the molecule is O=C1CSC(=O)N1[C@@H]1CCCC[C@@H]1NS(=O)(=O)c1ccc2oc(=O)[nH]c2c1. The molecule has 1 saturated carbocycles. The molecule has 1 aromatic carbocycles. The third kappa shape index (κ3) is 3.42. The quantitative estimate of drug-likeness (QED) is 0.778. The van der Waals surface area contributed by atoms with E-state index in [1.165, 1.54) is 23.1 Å². The number of rotatable bonds is 4. The van der Waals surface area contributed by atoms with Crippen LogP contribution in [-0.2, 0) is 14.8 Å². The first-order valence-electron chi connectivity index (χ1n) is 8.49. The van der Waals surface area contributed by atoms with Gasteiger partial charge >= 0.3 is 5.76 Å². The van der Waals surface area contributed by atoms with Gasteiger partial charge in [0, 0.05) is 6.04 Å². The number of nitrogens with zero attached hydrogens (tertiary/aromatic N) is 1. The largest absolute Gasteiger partial charge is 0.417 e. The van der Waals surface area contributed by atoms with Crippen molar-refractivity contribution in [1.82, 2.24) is 14.6 Å². The van der Waals surface area contributed by atoms with E-state index in [0.29, 0.717) is 12.8 Å². The molecule has 1 saturated heterocycles. The summed E-state index contributed by atoms with van der Waals surface area (Å²) in [6.45, 7) is 0. The molecular formula is C16H17N3O6S2. The average Bonchev–Trinajstić information content (AvgIpc) is 3.15. The Bertz CT molecular complexity index is 1060. The molecule has 2 N–H and O–H groups in total. The highest BCUT2D eigenvalue weighted by atomic mass is 32.2. The molecule has 2 fully saturated rings. The Hall–Kier alpha value is -2.11. The fourth-order valence-corrected chi connectivity index (χ4v) is 5.70. The summed E-state index contributed by atoms with van der Waals surface area (Å²) in [6, 6.07) is 3.05. The molecule has 144 valence electrons. The predicted octanol–water partition coefficient (Wildman–Crippen LogP) is 1.41. The van der Waals surface area contributed by atoms with Gasteiger partial charge in [-0.05, 0) is 31.0 Å². The van der Waals surface area contributed by atoms with Gasteiger partial charge in [-0.15, -0.1) is 0 Å². The van der Waals surface area contributed by atoms with Crippen molar-refractivity contribution in [3.63, 3.8) is 0 Å². The van der Waals surface area contributed by atoms with Crippen molar-refractivity contribution in [3.05, 3.63) is 28.7 Å². The molecule has 2 aliphatic rings. The zero-order valence-corrected chi connectivity index (χ0v) is 15.8. The number of nitrogens with one attached hydrogen (secondary N) is 2. The number of aromatic nitrogens is 1. The van der Waals surface area contributed by atoms with Crippen molar-refractivity contribution >= 4 is 44.0 Å². The van der Waals surface area contributed by atoms with Crippen LogP contribution >= 0.6 is 11.8 Å². The van der Waals surface area contributed by atoms with Crippen molar-refractivity contribution in [1.29, 1.82) is 0 Å². The standard InChI is InChI=1S/C16H17N3O6S2/c20-14-8-26-16(22)19(14)12-4-2-1-3-10(12)18-27(23,24)9-5-6-13-11(7-9)17-15(21)25-13/h5-7,10,12,18H,1-4,8H2,(H,17,21)/t10-,12+/m0/s1. The second-order valence-corrected chi connectivity index (χ2v) is 9.21. The third-order valence-electron chi connectivity index (χ3n) is 4.85. The Labute approximate surface area is 158 Å². The van der Waals surface area contributed by atoms with Gasteiger partial charge in [0.05, 0.1) is 22.2 Å².